The summed E-state index contributed by atoms with van der Waals surface area (Å²) in [6.45, 7) is 8.28. The van der Waals surface area contributed by atoms with Crippen LogP contribution < -0.4 is 0 Å². The molecule has 1 aliphatic rings. The van der Waals surface area contributed by atoms with Gasteiger partial charge < -0.3 is 0 Å². The SMILES string of the molecule is CC(=O)c1sc(-c2ccc(C(C)(C)C)cc2)nc1C1CC1. The van der Waals surface area contributed by atoms with Crippen LogP contribution in [-0.4, -0.2) is 10.8 Å². The average molecular weight is 299 g/mol. The van der Waals surface area contributed by atoms with Gasteiger partial charge in [0.15, 0.2) is 5.78 Å². The van der Waals surface area contributed by atoms with Crippen LogP contribution in [-0.2, 0) is 5.41 Å². The minimum Gasteiger partial charge on any atom is -0.294 e. The molecule has 2 aromatic rings. The minimum atomic E-state index is 0.145. The van der Waals surface area contributed by atoms with E-state index in [0.29, 0.717) is 5.92 Å². The molecule has 110 valence electrons. The van der Waals surface area contributed by atoms with Crippen LogP contribution in [0.1, 0.15) is 67.4 Å². The number of thiazole rings is 1. The maximum atomic E-state index is 11.8. The fourth-order valence-electron chi connectivity index (χ4n) is 2.45. The lowest BCUT2D eigenvalue weighted by Crippen LogP contribution is -2.10. The van der Waals surface area contributed by atoms with E-state index in [1.807, 2.05) is 0 Å². The van der Waals surface area contributed by atoms with E-state index in [1.54, 1.807) is 18.3 Å². The highest BCUT2D eigenvalue weighted by Crippen LogP contribution is 2.44. The van der Waals surface area contributed by atoms with Crippen LogP contribution in [0.5, 0.6) is 0 Å². The fraction of sp³-hybridized carbons (Fsp3) is 0.444. The summed E-state index contributed by atoms with van der Waals surface area (Å²) in [6, 6.07) is 8.59. The summed E-state index contributed by atoms with van der Waals surface area (Å²) in [6.07, 6.45) is 2.35. The van der Waals surface area contributed by atoms with Gasteiger partial charge in [-0.2, -0.15) is 0 Å². The Kier molecular flexibility index (Phi) is 3.48. The van der Waals surface area contributed by atoms with Crippen LogP contribution in [0, 0.1) is 0 Å². The van der Waals surface area contributed by atoms with E-state index in [2.05, 4.69) is 45.0 Å². The van der Waals surface area contributed by atoms with Crippen molar-refractivity contribution in [1.82, 2.24) is 4.98 Å². The first-order valence-corrected chi connectivity index (χ1v) is 8.30. The van der Waals surface area contributed by atoms with Crippen LogP contribution in [0.2, 0.25) is 0 Å². The molecule has 2 nitrogen and oxygen atoms in total. The van der Waals surface area contributed by atoms with E-state index < -0.39 is 0 Å². The van der Waals surface area contributed by atoms with Crippen LogP contribution in [0.25, 0.3) is 10.6 Å². The lowest BCUT2D eigenvalue weighted by Gasteiger charge is -2.18. The quantitative estimate of drug-likeness (QED) is 0.730. The zero-order valence-electron chi connectivity index (χ0n) is 13.1. The molecule has 0 atom stereocenters. The van der Waals surface area contributed by atoms with E-state index >= 15 is 0 Å². The smallest absolute Gasteiger partial charge is 0.171 e. The maximum absolute atomic E-state index is 11.8. The van der Waals surface area contributed by atoms with Gasteiger partial charge in [0.25, 0.3) is 0 Å². The Bertz CT molecular complexity index is 672. The third-order valence-corrected chi connectivity index (χ3v) is 5.16. The summed E-state index contributed by atoms with van der Waals surface area (Å²) in [5.41, 5.74) is 3.62. The molecule has 0 bridgehead atoms. The molecule has 0 radical (unpaired) electrons. The molecule has 0 unspecified atom stereocenters. The summed E-state index contributed by atoms with van der Waals surface area (Å²) in [7, 11) is 0. The number of benzene rings is 1. The first-order valence-electron chi connectivity index (χ1n) is 7.49. The van der Waals surface area contributed by atoms with Gasteiger partial charge in [0.2, 0.25) is 0 Å². The Balaban J connectivity index is 1.97. The van der Waals surface area contributed by atoms with Crippen molar-refractivity contribution < 1.29 is 4.79 Å². The zero-order valence-corrected chi connectivity index (χ0v) is 13.9. The molecule has 1 saturated carbocycles. The highest BCUT2D eigenvalue weighted by Gasteiger charge is 2.31. The number of hydrogen-bond donors (Lipinski definition) is 0. The molecule has 3 heteroatoms. The van der Waals surface area contributed by atoms with Gasteiger partial charge in [0, 0.05) is 18.4 Å². The maximum Gasteiger partial charge on any atom is 0.171 e. The lowest BCUT2D eigenvalue weighted by atomic mass is 9.87. The third kappa shape index (κ3) is 2.93. The summed E-state index contributed by atoms with van der Waals surface area (Å²) in [4.78, 5) is 17.4. The van der Waals surface area contributed by atoms with Crippen LogP contribution in [0.15, 0.2) is 24.3 Å². The van der Waals surface area contributed by atoms with Crippen molar-refractivity contribution in [1.29, 1.82) is 0 Å². The lowest BCUT2D eigenvalue weighted by molar-refractivity contribution is 0.102. The molecule has 0 N–H and O–H groups in total. The van der Waals surface area contributed by atoms with Gasteiger partial charge in [-0.3, -0.25) is 4.79 Å². The third-order valence-electron chi connectivity index (χ3n) is 3.94. The highest BCUT2D eigenvalue weighted by molar-refractivity contribution is 7.17. The Hall–Kier alpha value is -1.48. The molecular formula is C18H21NOS. The van der Waals surface area contributed by atoms with E-state index in [0.717, 1.165) is 21.1 Å². The molecule has 1 aliphatic carbocycles. The summed E-state index contributed by atoms with van der Waals surface area (Å²) >= 11 is 1.54. The molecule has 3 rings (SSSR count). The molecule has 0 saturated heterocycles. The Morgan fingerprint density at radius 3 is 2.29 bits per heavy atom. The van der Waals surface area contributed by atoms with E-state index in [-0.39, 0.29) is 11.2 Å². The number of rotatable bonds is 3. The number of hydrogen-bond acceptors (Lipinski definition) is 3. The largest absolute Gasteiger partial charge is 0.294 e. The number of Topliss-reactive ketones (excluding diaryl/α,β-unsaturated/α-hetero) is 1. The highest BCUT2D eigenvalue weighted by atomic mass is 32.1. The zero-order chi connectivity index (χ0) is 15.2. The Labute approximate surface area is 130 Å². The summed E-state index contributed by atoms with van der Waals surface area (Å²) < 4.78 is 0. The second kappa shape index (κ2) is 5.06. The predicted octanol–water partition coefficient (Wildman–Crippen LogP) is 5.19. The molecule has 1 fully saturated rings. The second-order valence-electron chi connectivity index (χ2n) is 6.89. The van der Waals surface area contributed by atoms with Crippen LogP contribution in [0.3, 0.4) is 0 Å². The minimum absolute atomic E-state index is 0.145. The Morgan fingerprint density at radius 1 is 1.19 bits per heavy atom. The predicted molar refractivity (Wildman–Crippen MR) is 88.2 cm³/mol. The van der Waals surface area contributed by atoms with Crippen LogP contribution >= 0.6 is 11.3 Å². The van der Waals surface area contributed by atoms with Gasteiger partial charge in [0.05, 0.1) is 10.6 Å². The normalized spacial score (nSPS) is 15.2. The molecule has 1 heterocycles. The average Bonchev–Trinajstić information content (AvgIpc) is 3.16. The van der Waals surface area contributed by atoms with Crippen molar-refractivity contribution in [2.75, 3.05) is 0 Å². The first-order chi connectivity index (χ1) is 9.86. The van der Waals surface area contributed by atoms with E-state index in [9.17, 15) is 4.79 Å². The summed E-state index contributed by atoms with van der Waals surface area (Å²) in [5, 5.41) is 0.975. The number of carbonyl (C=O) groups excluding carboxylic acids is 1. The van der Waals surface area contributed by atoms with Crippen molar-refractivity contribution in [2.24, 2.45) is 0 Å². The number of nitrogens with zero attached hydrogens (tertiary/aromatic N) is 1. The Morgan fingerprint density at radius 2 is 1.81 bits per heavy atom. The molecular weight excluding hydrogens is 278 g/mol. The second-order valence-corrected chi connectivity index (χ2v) is 7.89. The molecule has 21 heavy (non-hydrogen) atoms. The van der Waals surface area contributed by atoms with Crippen LogP contribution in [0.4, 0.5) is 0 Å². The number of carbonyl (C=O) groups is 1. The standard InChI is InChI=1S/C18H21NOS/c1-11(20)16-15(12-5-6-12)19-17(21-16)13-7-9-14(10-8-13)18(2,3)4/h7-10,12H,5-6H2,1-4H3. The van der Waals surface area contributed by atoms with Gasteiger partial charge in [-0.05, 0) is 23.8 Å². The molecule has 0 aliphatic heterocycles. The molecule has 1 aromatic carbocycles. The number of aromatic nitrogens is 1. The van der Waals surface area contributed by atoms with Gasteiger partial charge in [-0.15, -0.1) is 11.3 Å². The van der Waals surface area contributed by atoms with Crippen molar-refractivity contribution in [2.45, 2.75) is 51.9 Å². The molecule has 0 amide bonds. The van der Waals surface area contributed by atoms with Gasteiger partial charge in [0.1, 0.15) is 5.01 Å². The van der Waals surface area contributed by atoms with Crippen molar-refractivity contribution in [3.8, 4) is 10.6 Å². The fourth-order valence-corrected chi connectivity index (χ4v) is 3.51. The van der Waals surface area contributed by atoms with E-state index in [1.165, 1.54) is 18.4 Å². The van der Waals surface area contributed by atoms with Crippen molar-refractivity contribution in [3.63, 3.8) is 0 Å². The monoisotopic (exact) mass is 299 g/mol. The van der Waals surface area contributed by atoms with Gasteiger partial charge >= 0.3 is 0 Å². The summed E-state index contributed by atoms with van der Waals surface area (Å²) in [5.74, 6) is 0.662. The first kappa shape index (κ1) is 14.5. The van der Waals surface area contributed by atoms with E-state index in [4.69, 9.17) is 4.98 Å². The van der Waals surface area contributed by atoms with Gasteiger partial charge in [-0.1, -0.05) is 45.0 Å². The molecule has 1 aromatic heterocycles. The number of ketones is 1. The van der Waals surface area contributed by atoms with Crippen molar-refractivity contribution in [3.05, 3.63) is 40.4 Å². The molecule has 0 spiro atoms. The topological polar surface area (TPSA) is 30.0 Å². The van der Waals surface area contributed by atoms with Crippen molar-refractivity contribution >= 4 is 17.1 Å². The van der Waals surface area contributed by atoms with Gasteiger partial charge in [-0.25, -0.2) is 4.98 Å².